The topological polar surface area (TPSA) is 41.1 Å². The van der Waals surface area contributed by atoms with Gasteiger partial charge < -0.3 is 10.6 Å². The molecule has 0 saturated carbocycles. The van der Waals surface area contributed by atoms with Gasteiger partial charge in [-0.1, -0.05) is 35.9 Å². The molecule has 35 heavy (non-hydrogen) atoms. The number of halogens is 5. The molecule has 9 heteroatoms. The quantitative estimate of drug-likeness (QED) is 0.290. The van der Waals surface area contributed by atoms with Gasteiger partial charge in [-0.25, -0.2) is 4.39 Å². The van der Waals surface area contributed by atoms with Crippen LogP contribution in [0.25, 0.3) is 0 Å². The fourth-order valence-electron chi connectivity index (χ4n) is 3.92. The first-order valence-electron chi connectivity index (χ1n) is 11.1. The van der Waals surface area contributed by atoms with E-state index in [9.17, 15) is 22.4 Å². The molecule has 0 spiro atoms. The number of fused-ring (bicyclic) bond motifs is 1. The summed E-state index contributed by atoms with van der Waals surface area (Å²) in [5, 5.41) is 6.70. The summed E-state index contributed by atoms with van der Waals surface area (Å²) in [4.78, 5) is 13.5. The molecule has 4 rings (SSSR count). The van der Waals surface area contributed by atoms with Crippen molar-refractivity contribution in [1.82, 2.24) is 10.6 Å². The van der Waals surface area contributed by atoms with Crippen LogP contribution in [0.15, 0.2) is 59.5 Å². The largest absolute Gasteiger partial charge is 0.416 e. The lowest BCUT2D eigenvalue weighted by atomic mass is 10.0. The molecule has 0 aromatic heterocycles. The molecule has 184 valence electrons. The Kier molecular flexibility index (Phi) is 8.04. The van der Waals surface area contributed by atoms with Crippen LogP contribution >= 0.6 is 23.4 Å². The predicted octanol–water partition coefficient (Wildman–Crippen LogP) is 6.41. The monoisotopic (exact) mass is 522 g/mol. The van der Waals surface area contributed by atoms with Crippen LogP contribution in [0, 0.1) is 5.82 Å². The highest BCUT2D eigenvalue weighted by Gasteiger charge is 2.31. The number of benzene rings is 3. The highest BCUT2D eigenvalue weighted by Crippen LogP contribution is 2.36. The van der Waals surface area contributed by atoms with Crippen molar-refractivity contribution < 1.29 is 22.4 Å². The molecule has 0 saturated heterocycles. The summed E-state index contributed by atoms with van der Waals surface area (Å²) in [6.07, 6.45) is -2.72. The Labute approximate surface area is 210 Å². The number of hydrogen-bond donors (Lipinski definition) is 2. The second-order valence-corrected chi connectivity index (χ2v) is 9.63. The number of thioether (sulfide) groups is 1. The minimum absolute atomic E-state index is 0.0200. The van der Waals surface area contributed by atoms with Gasteiger partial charge in [0, 0.05) is 28.3 Å². The summed E-state index contributed by atoms with van der Waals surface area (Å²) in [6.45, 7) is 1.65. The molecule has 0 aliphatic carbocycles. The van der Waals surface area contributed by atoms with E-state index in [0.29, 0.717) is 17.4 Å². The number of nitrogens with one attached hydrogen (secondary N) is 2. The molecule has 1 aliphatic rings. The summed E-state index contributed by atoms with van der Waals surface area (Å²) in [5.74, 6) is -0.768. The maximum absolute atomic E-state index is 14.0. The average molecular weight is 523 g/mol. The fraction of sp³-hybridized carbons (Fsp3) is 0.269. The number of rotatable bonds is 6. The van der Waals surface area contributed by atoms with Crippen molar-refractivity contribution in [2.24, 2.45) is 0 Å². The van der Waals surface area contributed by atoms with Gasteiger partial charge in [0.2, 0.25) is 0 Å². The van der Waals surface area contributed by atoms with Crippen LogP contribution in [0.4, 0.5) is 17.6 Å². The van der Waals surface area contributed by atoms with Gasteiger partial charge in [-0.05, 0) is 73.0 Å². The van der Waals surface area contributed by atoms with E-state index in [1.165, 1.54) is 11.1 Å². The van der Waals surface area contributed by atoms with Gasteiger partial charge in [0.15, 0.2) is 0 Å². The predicted molar refractivity (Wildman–Crippen MR) is 130 cm³/mol. The van der Waals surface area contributed by atoms with Crippen molar-refractivity contribution >= 4 is 29.3 Å². The van der Waals surface area contributed by atoms with Crippen LogP contribution in [0.1, 0.15) is 38.2 Å². The Morgan fingerprint density at radius 3 is 2.49 bits per heavy atom. The van der Waals surface area contributed by atoms with Gasteiger partial charge in [-0.3, -0.25) is 4.79 Å². The number of carbonyl (C=O) groups is 1. The standard InChI is InChI=1S/C26H23ClF4N2OS/c27-22-8-6-17-9-11-32-12-10-21(17)24(22)35-15-16-1-3-18(4-2-16)25(34)33-14-19-5-7-20(13-23(19)28)26(29,30)31/h1-8,13,32H,9-12,14-15H2,(H,33,34). The Balaban J connectivity index is 1.36. The van der Waals surface area contributed by atoms with E-state index in [1.54, 1.807) is 23.9 Å². The molecule has 1 aliphatic heterocycles. The van der Waals surface area contributed by atoms with Crippen LogP contribution in [-0.4, -0.2) is 19.0 Å². The fourth-order valence-corrected chi connectivity index (χ4v) is 5.38. The normalized spacial score (nSPS) is 13.7. The summed E-state index contributed by atoms with van der Waals surface area (Å²) in [6, 6.07) is 13.3. The van der Waals surface area contributed by atoms with Crippen molar-refractivity contribution in [3.05, 3.63) is 98.8 Å². The van der Waals surface area contributed by atoms with E-state index in [0.717, 1.165) is 53.5 Å². The minimum atomic E-state index is -4.62. The molecule has 0 unspecified atom stereocenters. The van der Waals surface area contributed by atoms with Crippen LogP contribution in [0.3, 0.4) is 0 Å². The number of alkyl halides is 3. The van der Waals surface area contributed by atoms with E-state index < -0.39 is 23.5 Å². The van der Waals surface area contributed by atoms with Crippen LogP contribution < -0.4 is 10.6 Å². The smallest absolute Gasteiger partial charge is 0.348 e. The molecule has 0 radical (unpaired) electrons. The molecule has 3 aromatic rings. The molecule has 3 aromatic carbocycles. The third-order valence-electron chi connectivity index (χ3n) is 5.85. The molecule has 1 heterocycles. The van der Waals surface area contributed by atoms with Crippen molar-refractivity contribution in [3.63, 3.8) is 0 Å². The molecular weight excluding hydrogens is 500 g/mol. The third-order valence-corrected chi connectivity index (χ3v) is 7.51. The molecule has 0 fully saturated rings. The Morgan fingerprint density at radius 1 is 1.03 bits per heavy atom. The maximum Gasteiger partial charge on any atom is 0.416 e. The first-order valence-corrected chi connectivity index (χ1v) is 12.5. The lowest BCUT2D eigenvalue weighted by molar-refractivity contribution is -0.137. The molecule has 2 N–H and O–H groups in total. The van der Waals surface area contributed by atoms with Crippen LogP contribution in [0.5, 0.6) is 0 Å². The molecule has 1 amide bonds. The van der Waals surface area contributed by atoms with Gasteiger partial charge in [0.05, 0.1) is 10.6 Å². The minimum Gasteiger partial charge on any atom is -0.348 e. The first kappa shape index (κ1) is 25.5. The lowest BCUT2D eigenvalue weighted by Gasteiger charge is -2.14. The second-order valence-electron chi connectivity index (χ2n) is 8.24. The second kappa shape index (κ2) is 11.0. The van der Waals surface area contributed by atoms with Gasteiger partial charge in [-0.2, -0.15) is 13.2 Å². The summed E-state index contributed by atoms with van der Waals surface area (Å²) in [5.41, 5.74) is 2.92. The molecular formula is C26H23ClF4N2OS. The van der Waals surface area contributed by atoms with Crippen molar-refractivity contribution in [2.75, 3.05) is 13.1 Å². The number of carbonyl (C=O) groups excluding carboxylic acids is 1. The maximum atomic E-state index is 14.0. The molecule has 0 bridgehead atoms. The first-order chi connectivity index (χ1) is 16.7. The Morgan fingerprint density at radius 2 is 1.77 bits per heavy atom. The molecule has 0 atom stereocenters. The zero-order chi connectivity index (χ0) is 25.0. The van der Waals surface area contributed by atoms with Crippen molar-refractivity contribution in [2.45, 2.75) is 36.2 Å². The summed E-state index contributed by atoms with van der Waals surface area (Å²) in [7, 11) is 0. The Bertz CT molecular complexity index is 1220. The highest BCUT2D eigenvalue weighted by atomic mass is 35.5. The number of hydrogen-bond acceptors (Lipinski definition) is 3. The van der Waals surface area contributed by atoms with Gasteiger partial charge in [0.25, 0.3) is 5.91 Å². The van der Waals surface area contributed by atoms with Crippen molar-refractivity contribution in [1.29, 1.82) is 0 Å². The summed E-state index contributed by atoms with van der Waals surface area (Å²) >= 11 is 8.17. The van der Waals surface area contributed by atoms with Crippen LogP contribution in [0.2, 0.25) is 5.02 Å². The SMILES string of the molecule is O=C(NCc1ccc(C(F)(F)F)cc1F)c1ccc(CSc2c(Cl)ccc3c2CCNCC3)cc1. The van der Waals surface area contributed by atoms with Gasteiger partial charge in [0.1, 0.15) is 5.82 Å². The van der Waals surface area contributed by atoms with Crippen LogP contribution in [-0.2, 0) is 31.3 Å². The van der Waals surface area contributed by atoms with Gasteiger partial charge >= 0.3 is 6.18 Å². The molecule has 3 nitrogen and oxygen atoms in total. The van der Waals surface area contributed by atoms with Gasteiger partial charge in [-0.15, -0.1) is 11.8 Å². The number of amides is 1. The third kappa shape index (κ3) is 6.37. The zero-order valence-corrected chi connectivity index (χ0v) is 20.2. The van der Waals surface area contributed by atoms with E-state index in [4.69, 9.17) is 11.6 Å². The summed E-state index contributed by atoms with van der Waals surface area (Å²) < 4.78 is 52.0. The average Bonchev–Trinajstić information content (AvgIpc) is 3.08. The van der Waals surface area contributed by atoms with E-state index in [2.05, 4.69) is 16.7 Å². The van der Waals surface area contributed by atoms with E-state index in [1.807, 2.05) is 18.2 Å². The van der Waals surface area contributed by atoms with Crippen molar-refractivity contribution in [3.8, 4) is 0 Å². The van der Waals surface area contributed by atoms with E-state index >= 15 is 0 Å². The van der Waals surface area contributed by atoms with E-state index in [-0.39, 0.29) is 12.1 Å². The lowest BCUT2D eigenvalue weighted by Crippen LogP contribution is -2.23. The zero-order valence-electron chi connectivity index (χ0n) is 18.6. The highest BCUT2D eigenvalue weighted by molar-refractivity contribution is 7.98. The Hall–Kier alpha value is -2.55.